The molecule has 0 bridgehead atoms. The Morgan fingerprint density at radius 2 is 1.74 bits per heavy atom. The minimum Gasteiger partial charge on any atom is -0.488 e. The van der Waals surface area contributed by atoms with Crippen molar-refractivity contribution in [3.8, 4) is 16.9 Å². The van der Waals surface area contributed by atoms with Crippen LogP contribution in [0, 0.1) is 5.92 Å². The van der Waals surface area contributed by atoms with E-state index in [2.05, 4.69) is 60.6 Å². The van der Waals surface area contributed by atoms with Crippen LogP contribution in [0.25, 0.3) is 11.1 Å². The number of anilines is 1. The fourth-order valence-corrected chi connectivity index (χ4v) is 5.41. The average molecular weight is 587 g/mol. The summed E-state index contributed by atoms with van der Waals surface area (Å²) < 4.78 is 6.55. The number of benzene rings is 3. The Bertz CT molecular complexity index is 1350. The first-order valence-corrected chi connectivity index (χ1v) is 15.1. The quantitative estimate of drug-likeness (QED) is 0.311. The van der Waals surface area contributed by atoms with E-state index >= 15 is 0 Å². The van der Waals surface area contributed by atoms with Crippen LogP contribution in [0.3, 0.4) is 0 Å². The third kappa shape index (κ3) is 8.89. The van der Waals surface area contributed by atoms with E-state index in [1.165, 1.54) is 16.7 Å². The lowest BCUT2D eigenvalue weighted by atomic mass is 9.99. The number of hydrogen-bond donors (Lipinski definition) is 2. The number of nitrogens with zero attached hydrogens (tertiary/aromatic N) is 3. The summed E-state index contributed by atoms with van der Waals surface area (Å²) in [5.41, 5.74) is 4.54. The van der Waals surface area contributed by atoms with E-state index in [0.29, 0.717) is 36.5 Å². The van der Waals surface area contributed by atoms with Gasteiger partial charge < -0.3 is 25.0 Å². The highest BCUT2D eigenvalue weighted by molar-refractivity contribution is 5.99. The van der Waals surface area contributed by atoms with E-state index in [1.807, 2.05) is 44.1 Å². The van der Waals surface area contributed by atoms with E-state index in [4.69, 9.17) is 4.74 Å². The molecule has 3 atom stereocenters. The van der Waals surface area contributed by atoms with E-state index in [0.717, 1.165) is 19.5 Å². The van der Waals surface area contributed by atoms with Crippen molar-refractivity contribution in [2.24, 2.45) is 5.92 Å². The summed E-state index contributed by atoms with van der Waals surface area (Å²) in [6.45, 7) is 6.48. The maximum Gasteiger partial charge on any atom is 0.258 e. The highest BCUT2D eigenvalue weighted by Crippen LogP contribution is 2.31. The molecular formula is C35H46N4O4. The van der Waals surface area contributed by atoms with Crippen LogP contribution in [0.5, 0.6) is 5.75 Å². The number of ether oxygens (including phenoxy) is 1. The molecule has 8 nitrogen and oxygen atoms in total. The number of carbonyl (C=O) groups excluding carboxylic acids is 2. The van der Waals surface area contributed by atoms with E-state index in [-0.39, 0.29) is 36.5 Å². The molecule has 0 radical (unpaired) electrons. The first kappa shape index (κ1) is 32.2. The van der Waals surface area contributed by atoms with Crippen molar-refractivity contribution < 1.29 is 19.4 Å². The monoisotopic (exact) mass is 586 g/mol. The number of fused-ring (bicyclic) bond motifs is 1. The zero-order chi connectivity index (χ0) is 30.9. The fraction of sp³-hybridized carbons (Fsp3) is 0.429. The van der Waals surface area contributed by atoms with Gasteiger partial charge in [-0.1, -0.05) is 61.5 Å². The minimum absolute atomic E-state index is 0.0186. The zero-order valence-electron chi connectivity index (χ0n) is 26.1. The van der Waals surface area contributed by atoms with Crippen molar-refractivity contribution in [3.63, 3.8) is 0 Å². The van der Waals surface area contributed by atoms with Crippen LogP contribution in [-0.4, -0.2) is 91.2 Å². The summed E-state index contributed by atoms with van der Waals surface area (Å²) in [6.07, 6.45) is 0.951. The van der Waals surface area contributed by atoms with Gasteiger partial charge in [-0.15, -0.1) is 0 Å². The van der Waals surface area contributed by atoms with Crippen LogP contribution >= 0.6 is 0 Å². The molecule has 2 N–H and O–H groups in total. The Hall–Kier alpha value is -3.72. The predicted octanol–water partition coefficient (Wildman–Crippen LogP) is 4.99. The maximum atomic E-state index is 13.7. The molecule has 2 amide bonds. The molecule has 4 rings (SSSR count). The first-order valence-electron chi connectivity index (χ1n) is 15.1. The molecule has 230 valence electrons. The molecule has 3 aromatic carbocycles. The van der Waals surface area contributed by atoms with Gasteiger partial charge in [-0.2, -0.15) is 0 Å². The number of hydrogen-bond acceptors (Lipinski definition) is 6. The second kappa shape index (κ2) is 15.1. The molecule has 3 aromatic rings. The molecule has 1 heterocycles. The summed E-state index contributed by atoms with van der Waals surface area (Å²) in [7, 11) is 6.04. The molecule has 1 aliphatic rings. The van der Waals surface area contributed by atoms with Gasteiger partial charge in [0.05, 0.1) is 18.2 Å². The van der Waals surface area contributed by atoms with Gasteiger partial charge in [-0.05, 0) is 75.9 Å². The lowest BCUT2D eigenvalue weighted by Crippen LogP contribution is -2.49. The van der Waals surface area contributed by atoms with Crippen molar-refractivity contribution in [3.05, 3.63) is 83.9 Å². The Balaban J connectivity index is 1.49. The summed E-state index contributed by atoms with van der Waals surface area (Å²) in [5, 5.41) is 12.9. The van der Waals surface area contributed by atoms with Crippen molar-refractivity contribution in [1.82, 2.24) is 14.7 Å². The number of amides is 2. The Labute approximate surface area is 256 Å². The Morgan fingerprint density at radius 1 is 1.05 bits per heavy atom. The summed E-state index contributed by atoms with van der Waals surface area (Å²) in [5.74, 6) is 0.205. The summed E-state index contributed by atoms with van der Waals surface area (Å²) >= 11 is 0. The van der Waals surface area contributed by atoms with Crippen LogP contribution in [0.1, 0.15) is 42.6 Å². The van der Waals surface area contributed by atoms with Gasteiger partial charge in [0.2, 0.25) is 5.91 Å². The molecule has 0 aromatic heterocycles. The zero-order valence-corrected chi connectivity index (χ0v) is 26.1. The average Bonchev–Trinajstić information content (AvgIpc) is 2.99. The van der Waals surface area contributed by atoms with Crippen LogP contribution in [0.2, 0.25) is 0 Å². The van der Waals surface area contributed by atoms with E-state index in [1.54, 1.807) is 23.1 Å². The van der Waals surface area contributed by atoms with Gasteiger partial charge in [0.15, 0.2) is 0 Å². The van der Waals surface area contributed by atoms with Crippen LogP contribution in [-0.2, 0) is 11.3 Å². The molecule has 0 saturated carbocycles. The highest BCUT2D eigenvalue weighted by atomic mass is 16.5. The highest BCUT2D eigenvalue weighted by Gasteiger charge is 2.33. The third-order valence-electron chi connectivity index (χ3n) is 7.96. The second-order valence-corrected chi connectivity index (χ2v) is 12.0. The van der Waals surface area contributed by atoms with Gasteiger partial charge in [0.1, 0.15) is 11.9 Å². The molecule has 0 aliphatic carbocycles. The Kier molecular flexibility index (Phi) is 11.3. The normalized spacial score (nSPS) is 17.7. The first-order chi connectivity index (χ1) is 20.6. The third-order valence-corrected chi connectivity index (χ3v) is 7.96. The molecule has 8 heteroatoms. The van der Waals surface area contributed by atoms with Crippen molar-refractivity contribution in [2.75, 3.05) is 52.7 Å². The maximum absolute atomic E-state index is 13.7. The molecule has 43 heavy (non-hydrogen) atoms. The number of likely N-dealkylation sites (N-methyl/N-ethyl adjacent to an activating group) is 1. The van der Waals surface area contributed by atoms with Gasteiger partial charge in [-0.3, -0.25) is 14.5 Å². The minimum atomic E-state index is -0.355. The van der Waals surface area contributed by atoms with E-state index < -0.39 is 0 Å². The van der Waals surface area contributed by atoms with Gasteiger partial charge in [0.25, 0.3) is 5.91 Å². The summed E-state index contributed by atoms with van der Waals surface area (Å²) in [4.78, 5) is 32.3. The number of carbonyl (C=O) groups is 2. The SMILES string of the molecule is C[C@@H]1CN([C@H](C)CO)C(=O)c2cc(NC(=O)CCCN(C)C)ccc2O[C@@H]1CN(C)Cc1ccc(-c2ccccc2)cc1. The second-order valence-electron chi connectivity index (χ2n) is 12.0. The number of rotatable bonds is 12. The lowest BCUT2D eigenvalue weighted by Gasteiger charge is -2.38. The van der Waals surface area contributed by atoms with Gasteiger partial charge in [-0.25, -0.2) is 0 Å². The number of aliphatic hydroxyl groups excluding tert-OH is 1. The van der Waals surface area contributed by atoms with Crippen LogP contribution < -0.4 is 10.1 Å². The molecule has 0 saturated heterocycles. The van der Waals surface area contributed by atoms with Gasteiger partial charge in [0, 0.05) is 37.7 Å². The lowest BCUT2D eigenvalue weighted by molar-refractivity contribution is -0.116. The van der Waals surface area contributed by atoms with Crippen LogP contribution in [0.15, 0.2) is 72.8 Å². The molecular weight excluding hydrogens is 540 g/mol. The van der Waals surface area contributed by atoms with Gasteiger partial charge >= 0.3 is 0 Å². The summed E-state index contributed by atoms with van der Waals surface area (Å²) in [6, 6.07) is 23.9. The van der Waals surface area contributed by atoms with E-state index in [9.17, 15) is 14.7 Å². The van der Waals surface area contributed by atoms with Crippen molar-refractivity contribution >= 4 is 17.5 Å². The fourth-order valence-electron chi connectivity index (χ4n) is 5.41. The molecule has 0 unspecified atom stereocenters. The van der Waals surface area contributed by atoms with Crippen LogP contribution in [0.4, 0.5) is 5.69 Å². The largest absolute Gasteiger partial charge is 0.488 e. The smallest absolute Gasteiger partial charge is 0.258 e. The van der Waals surface area contributed by atoms with Crippen molar-refractivity contribution in [2.45, 2.75) is 45.4 Å². The molecule has 1 aliphatic heterocycles. The standard InChI is InChI=1S/C35H46N4O4/c1-25-21-39(26(2)24-40)35(42)31-20-30(36-34(41)12-9-19-37(3)4)17-18-32(31)43-33(25)23-38(5)22-27-13-15-29(16-14-27)28-10-7-6-8-11-28/h6-8,10-11,13-18,20,25-26,33,40H,9,12,19,21-24H2,1-5H3,(H,36,41)/t25-,26-,33-/m1/s1. The topological polar surface area (TPSA) is 85.3 Å². The predicted molar refractivity (Wildman–Crippen MR) is 172 cm³/mol. The Morgan fingerprint density at radius 3 is 2.42 bits per heavy atom. The van der Waals surface area contributed by atoms with Crippen molar-refractivity contribution in [1.29, 1.82) is 0 Å². The molecule has 0 fully saturated rings. The number of aliphatic hydroxyl groups is 1. The molecule has 0 spiro atoms. The number of nitrogens with one attached hydrogen (secondary N) is 1.